The van der Waals surface area contributed by atoms with Gasteiger partial charge in [-0.1, -0.05) is 0 Å². The van der Waals surface area contributed by atoms with E-state index in [0.717, 1.165) is 0 Å². The molecule has 0 radical (unpaired) electrons. The van der Waals surface area contributed by atoms with Crippen molar-refractivity contribution in [1.82, 2.24) is 9.88 Å². The zero-order valence-corrected chi connectivity index (χ0v) is 13.5. The highest BCUT2D eigenvalue weighted by Crippen LogP contribution is 2.20. The van der Waals surface area contributed by atoms with Gasteiger partial charge >= 0.3 is 5.97 Å². The van der Waals surface area contributed by atoms with Crippen LogP contribution >= 0.6 is 0 Å². The summed E-state index contributed by atoms with van der Waals surface area (Å²) in [6, 6.07) is 4.87. The summed E-state index contributed by atoms with van der Waals surface area (Å²) in [4.78, 5) is 29.5. The Kier molecular flexibility index (Phi) is 5.00. The molecule has 7 nitrogen and oxygen atoms in total. The van der Waals surface area contributed by atoms with E-state index in [1.807, 2.05) is 0 Å². The van der Waals surface area contributed by atoms with Crippen LogP contribution in [-0.2, 0) is 11.3 Å². The topological polar surface area (TPSA) is 81.9 Å². The van der Waals surface area contributed by atoms with Gasteiger partial charge in [-0.3, -0.25) is 4.79 Å². The first-order valence-corrected chi connectivity index (χ1v) is 6.90. The minimum atomic E-state index is -0.472. The number of aryl methyl sites for hydroxylation is 1. The van der Waals surface area contributed by atoms with Crippen LogP contribution in [0.3, 0.4) is 0 Å². The zero-order chi connectivity index (χ0) is 17.0. The van der Waals surface area contributed by atoms with E-state index in [2.05, 4.69) is 9.72 Å². The lowest BCUT2D eigenvalue weighted by Gasteiger charge is -2.16. The Morgan fingerprint density at radius 1 is 1.30 bits per heavy atom. The molecule has 0 bridgehead atoms. The van der Waals surface area contributed by atoms with Crippen molar-refractivity contribution in [3.8, 4) is 5.88 Å². The van der Waals surface area contributed by atoms with Crippen LogP contribution in [-0.4, -0.2) is 43.0 Å². The molecule has 0 fully saturated rings. The predicted molar refractivity (Wildman–Crippen MR) is 81.4 cm³/mol. The molecular weight excluding hydrogens is 300 g/mol. The molecule has 122 valence electrons. The smallest absolute Gasteiger partial charge is 0.341 e. The molecule has 2 rings (SSSR count). The number of pyridine rings is 1. The van der Waals surface area contributed by atoms with E-state index in [-0.39, 0.29) is 18.3 Å². The quantitative estimate of drug-likeness (QED) is 0.785. The van der Waals surface area contributed by atoms with E-state index in [0.29, 0.717) is 22.6 Å². The van der Waals surface area contributed by atoms with Gasteiger partial charge in [0.2, 0.25) is 5.88 Å². The van der Waals surface area contributed by atoms with Gasteiger partial charge in [-0.25, -0.2) is 9.78 Å². The molecule has 7 heteroatoms. The van der Waals surface area contributed by atoms with Crippen LogP contribution in [0.1, 0.15) is 32.2 Å². The SMILES string of the molecule is COC(=O)c1cc(CN(C)C(=O)c2cccnc2OC)oc1C. The maximum atomic E-state index is 12.5. The third-order valence-electron chi connectivity index (χ3n) is 3.31. The van der Waals surface area contributed by atoms with Crippen LogP contribution in [0.25, 0.3) is 0 Å². The van der Waals surface area contributed by atoms with Crippen LogP contribution in [0.4, 0.5) is 0 Å². The highest BCUT2D eigenvalue weighted by molar-refractivity contribution is 5.96. The molecule has 1 amide bonds. The fourth-order valence-electron chi connectivity index (χ4n) is 2.16. The fourth-order valence-corrected chi connectivity index (χ4v) is 2.16. The van der Waals surface area contributed by atoms with E-state index < -0.39 is 5.97 Å². The van der Waals surface area contributed by atoms with E-state index in [1.54, 1.807) is 38.4 Å². The average Bonchev–Trinajstić information content (AvgIpc) is 2.93. The average molecular weight is 318 g/mol. The van der Waals surface area contributed by atoms with Crippen molar-refractivity contribution in [3.05, 3.63) is 47.0 Å². The molecule has 0 spiro atoms. The van der Waals surface area contributed by atoms with Crippen molar-refractivity contribution < 1.29 is 23.5 Å². The number of ether oxygens (including phenoxy) is 2. The van der Waals surface area contributed by atoms with Crippen molar-refractivity contribution in [1.29, 1.82) is 0 Å². The summed E-state index contributed by atoms with van der Waals surface area (Å²) >= 11 is 0. The van der Waals surface area contributed by atoms with Gasteiger partial charge in [0.1, 0.15) is 22.6 Å². The first-order chi connectivity index (χ1) is 11.0. The van der Waals surface area contributed by atoms with Crippen molar-refractivity contribution in [2.75, 3.05) is 21.3 Å². The van der Waals surface area contributed by atoms with Crippen LogP contribution in [0, 0.1) is 6.92 Å². The number of rotatable bonds is 5. The predicted octanol–water partition coefficient (Wildman–Crippen LogP) is 2.05. The number of amides is 1. The monoisotopic (exact) mass is 318 g/mol. The number of carbonyl (C=O) groups excluding carboxylic acids is 2. The van der Waals surface area contributed by atoms with Crippen molar-refractivity contribution in [3.63, 3.8) is 0 Å². The van der Waals surface area contributed by atoms with Gasteiger partial charge in [0.15, 0.2) is 0 Å². The third kappa shape index (κ3) is 3.50. The maximum absolute atomic E-state index is 12.5. The summed E-state index contributed by atoms with van der Waals surface area (Å²) < 4.78 is 15.3. The van der Waals surface area contributed by atoms with Gasteiger partial charge in [0, 0.05) is 13.2 Å². The Balaban J connectivity index is 2.17. The molecule has 0 N–H and O–H groups in total. The number of hydrogen-bond donors (Lipinski definition) is 0. The molecular formula is C16H18N2O5. The Bertz CT molecular complexity index is 723. The minimum Gasteiger partial charge on any atom is -0.480 e. The van der Waals surface area contributed by atoms with Gasteiger partial charge in [0.25, 0.3) is 5.91 Å². The van der Waals surface area contributed by atoms with Gasteiger partial charge in [-0.2, -0.15) is 0 Å². The number of aromatic nitrogens is 1. The summed E-state index contributed by atoms with van der Waals surface area (Å²) in [7, 11) is 4.39. The first-order valence-electron chi connectivity index (χ1n) is 6.90. The molecule has 2 heterocycles. The Morgan fingerprint density at radius 2 is 2.04 bits per heavy atom. The lowest BCUT2D eigenvalue weighted by molar-refractivity contribution is 0.0598. The number of methoxy groups -OCH3 is 2. The largest absolute Gasteiger partial charge is 0.480 e. The van der Waals surface area contributed by atoms with Crippen LogP contribution in [0.5, 0.6) is 5.88 Å². The number of hydrogen-bond acceptors (Lipinski definition) is 6. The molecule has 0 aromatic carbocycles. The van der Waals surface area contributed by atoms with Gasteiger partial charge in [-0.15, -0.1) is 0 Å². The molecule has 0 atom stereocenters. The second-order valence-electron chi connectivity index (χ2n) is 4.90. The second-order valence-corrected chi connectivity index (χ2v) is 4.90. The maximum Gasteiger partial charge on any atom is 0.341 e. The molecule has 0 aliphatic rings. The van der Waals surface area contributed by atoms with Gasteiger partial charge < -0.3 is 18.8 Å². The van der Waals surface area contributed by atoms with Crippen molar-refractivity contribution >= 4 is 11.9 Å². The number of nitrogens with zero attached hydrogens (tertiary/aromatic N) is 2. The summed E-state index contributed by atoms with van der Waals surface area (Å²) in [5, 5.41) is 0. The van der Waals surface area contributed by atoms with Crippen molar-refractivity contribution in [2.45, 2.75) is 13.5 Å². The van der Waals surface area contributed by atoms with E-state index in [1.165, 1.54) is 19.1 Å². The molecule has 0 aliphatic carbocycles. The van der Waals surface area contributed by atoms with E-state index in [9.17, 15) is 9.59 Å². The molecule has 2 aromatic rings. The lowest BCUT2D eigenvalue weighted by atomic mass is 10.2. The Hall–Kier alpha value is -2.83. The molecule has 0 aliphatic heterocycles. The summed E-state index contributed by atoms with van der Waals surface area (Å²) in [5.74, 6) is 0.465. The van der Waals surface area contributed by atoms with Crippen LogP contribution in [0.15, 0.2) is 28.8 Å². The summed E-state index contributed by atoms with van der Waals surface area (Å²) in [5.41, 5.74) is 0.705. The number of furan rings is 1. The van der Waals surface area contributed by atoms with E-state index in [4.69, 9.17) is 9.15 Å². The zero-order valence-electron chi connectivity index (χ0n) is 13.5. The number of carbonyl (C=O) groups is 2. The fraction of sp³-hybridized carbons (Fsp3) is 0.312. The van der Waals surface area contributed by atoms with E-state index >= 15 is 0 Å². The van der Waals surface area contributed by atoms with Crippen molar-refractivity contribution in [2.24, 2.45) is 0 Å². The van der Waals surface area contributed by atoms with Gasteiger partial charge in [0.05, 0.1) is 20.8 Å². The summed E-state index contributed by atoms with van der Waals surface area (Å²) in [6.45, 7) is 1.87. The first kappa shape index (κ1) is 16.5. The highest BCUT2D eigenvalue weighted by Gasteiger charge is 2.20. The summed E-state index contributed by atoms with van der Waals surface area (Å²) in [6.07, 6.45) is 1.55. The number of esters is 1. The molecule has 2 aromatic heterocycles. The standard InChI is InChI=1S/C16H18N2O5/c1-10-13(16(20)22-4)8-11(23-10)9-18(2)15(19)12-6-5-7-17-14(12)21-3/h5-8H,9H2,1-4H3. The second kappa shape index (κ2) is 6.95. The Morgan fingerprint density at radius 3 is 2.70 bits per heavy atom. The Labute approximate surface area is 133 Å². The lowest BCUT2D eigenvalue weighted by Crippen LogP contribution is -2.26. The third-order valence-corrected chi connectivity index (χ3v) is 3.31. The molecule has 0 unspecified atom stereocenters. The molecule has 0 saturated heterocycles. The highest BCUT2D eigenvalue weighted by atomic mass is 16.5. The molecule has 0 saturated carbocycles. The van der Waals surface area contributed by atoms with Crippen LogP contribution < -0.4 is 4.74 Å². The minimum absolute atomic E-state index is 0.203. The van der Waals surface area contributed by atoms with Crippen LogP contribution in [0.2, 0.25) is 0 Å². The van der Waals surface area contributed by atoms with Gasteiger partial charge in [-0.05, 0) is 25.1 Å². The normalized spacial score (nSPS) is 10.3. The molecule has 23 heavy (non-hydrogen) atoms.